The standard InChI is InChI=1S/C18H20BrNO3/c1-11-8-16(22-3)17(23-4)9-13(11)10-18(21)20-14-5-6-15(19)12(2)7-14/h5-9H,10H2,1-4H3,(H,20,21). The van der Waals surface area contributed by atoms with Crippen molar-refractivity contribution in [3.05, 3.63) is 51.5 Å². The number of aryl methyl sites for hydroxylation is 2. The summed E-state index contributed by atoms with van der Waals surface area (Å²) in [5.41, 5.74) is 3.76. The molecule has 1 N–H and O–H groups in total. The molecule has 4 nitrogen and oxygen atoms in total. The van der Waals surface area contributed by atoms with Crippen molar-refractivity contribution in [3.8, 4) is 11.5 Å². The van der Waals surface area contributed by atoms with Gasteiger partial charge in [0.2, 0.25) is 5.91 Å². The van der Waals surface area contributed by atoms with E-state index in [9.17, 15) is 4.79 Å². The highest BCUT2D eigenvalue weighted by Crippen LogP contribution is 2.30. The second-order valence-electron chi connectivity index (χ2n) is 5.32. The van der Waals surface area contributed by atoms with Gasteiger partial charge >= 0.3 is 0 Å². The van der Waals surface area contributed by atoms with E-state index in [1.807, 2.05) is 44.2 Å². The molecule has 0 radical (unpaired) electrons. The van der Waals surface area contributed by atoms with Crippen LogP contribution in [0, 0.1) is 13.8 Å². The number of anilines is 1. The van der Waals surface area contributed by atoms with Crippen molar-refractivity contribution in [1.82, 2.24) is 0 Å². The predicted molar refractivity (Wildman–Crippen MR) is 95.5 cm³/mol. The molecule has 1 amide bonds. The fraction of sp³-hybridized carbons (Fsp3) is 0.278. The van der Waals surface area contributed by atoms with Gasteiger partial charge < -0.3 is 14.8 Å². The highest BCUT2D eigenvalue weighted by molar-refractivity contribution is 9.10. The quantitative estimate of drug-likeness (QED) is 0.846. The van der Waals surface area contributed by atoms with E-state index in [0.717, 1.165) is 26.9 Å². The van der Waals surface area contributed by atoms with Crippen molar-refractivity contribution in [2.75, 3.05) is 19.5 Å². The number of ether oxygens (including phenoxy) is 2. The summed E-state index contributed by atoms with van der Waals surface area (Å²) in [4.78, 5) is 12.3. The Hall–Kier alpha value is -2.01. The molecule has 0 atom stereocenters. The second kappa shape index (κ2) is 7.51. The molecule has 122 valence electrons. The number of amides is 1. The molecule has 2 rings (SSSR count). The Labute approximate surface area is 144 Å². The number of carbonyl (C=O) groups is 1. The summed E-state index contributed by atoms with van der Waals surface area (Å²) in [5, 5.41) is 2.92. The first-order valence-corrected chi connectivity index (χ1v) is 8.01. The lowest BCUT2D eigenvalue weighted by molar-refractivity contribution is -0.115. The van der Waals surface area contributed by atoms with E-state index in [1.165, 1.54) is 0 Å². The van der Waals surface area contributed by atoms with Crippen LogP contribution < -0.4 is 14.8 Å². The Balaban J connectivity index is 2.15. The third kappa shape index (κ3) is 4.26. The van der Waals surface area contributed by atoms with Crippen molar-refractivity contribution in [2.45, 2.75) is 20.3 Å². The monoisotopic (exact) mass is 377 g/mol. The molecule has 23 heavy (non-hydrogen) atoms. The van der Waals surface area contributed by atoms with Crippen LogP contribution in [0.2, 0.25) is 0 Å². The number of benzene rings is 2. The third-order valence-electron chi connectivity index (χ3n) is 3.63. The maximum Gasteiger partial charge on any atom is 0.228 e. The molecule has 2 aromatic rings. The molecule has 0 heterocycles. The van der Waals surface area contributed by atoms with Crippen molar-refractivity contribution >= 4 is 27.5 Å². The average Bonchev–Trinajstić information content (AvgIpc) is 2.52. The molecule has 5 heteroatoms. The number of hydrogen-bond donors (Lipinski definition) is 1. The summed E-state index contributed by atoms with van der Waals surface area (Å²) in [6, 6.07) is 9.46. The minimum absolute atomic E-state index is 0.0676. The van der Waals surface area contributed by atoms with Gasteiger partial charge in [-0.25, -0.2) is 0 Å². The van der Waals surface area contributed by atoms with Crippen LogP contribution in [0.25, 0.3) is 0 Å². The van der Waals surface area contributed by atoms with Gasteiger partial charge in [0.15, 0.2) is 11.5 Å². The van der Waals surface area contributed by atoms with Crippen LogP contribution in [-0.2, 0) is 11.2 Å². The van der Waals surface area contributed by atoms with Gasteiger partial charge in [-0.1, -0.05) is 15.9 Å². The molecule has 0 unspecified atom stereocenters. The number of nitrogens with one attached hydrogen (secondary N) is 1. The molecule has 0 aromatic heterocycles. The average molecular weight is 378 g/mol. The zero-order valence-electron chi connectivity index (χ0n) is 13.7. The fourth-order valence-corrected chi connectivity index (χ4v) is 2.56. The molecule has 0 saturated carbocycles. The lowest BCUT2D eigenvalue weighted by Gasteiger charge is -2.13. The molecular formula is C18H20BrNO3. The Morgan fingerprint density at radius 1 is 1.04 bits per heavy atom. The Bertz CT molecular complexity index is 728. The number of rotatable bonds is 5. The van der Waals surface area contributed by atoms with E-state index < -0.39 is 0 Å². The van der Waals surface area contributed by atoms with E-state index in [0.29, 0.717) is 11.5 Å². The molecule has 0 fully saturated rings. The first-order chi connectivity index (χ1) is 10.9. The zero-order chi connectivity index (χ0) is 17.0. The van der Waals surface area contributed by atoms with Crippen molar-refractivity contribution in [1.29, 1.82) is 0 Å². The van der Waals surface area contributed by atoms with Crippen LogP contribution in [0.15, 0.2) is 34.8 Å². The van der Waals surface area contributed by atoms with Gasteiger partial charge in [-0.15, -0.1) is 0 Å². The molecule has 0 spiro atoms. The summed E-state index contributed by atoms with van der Waals surface area (Å²) < 4.78 is 11.6. The molecule has 0 aliphatic carbocycles. The zero-order valence-corrected chi connectivity index (χ0v) is 15.3. The van der Waals surface area contributed by atoms with Gasteiger partial charge in [-0.3, -0.25) is 4.79 Å². The van der Waals surface area contributed by atoms with E-state index in [1.54, 1.807) is 14.2 Å². The summed E-state index contributed by atoms with van der Waals surface area (Å²) in [5.74, 6) is 1.22. The largest absolute Gasteiger partial charge is 0.493 e. The number of halogens is 1. The fourth-order valence-electron chi connectivity index (χ4n) is 2.31. The predicted octanol–water partition coefficient (Wildman–Crippen LogP) is 4.26. The maximum absolute atomic E-state index is 12.3. The van der Waals surface area contributed by atoms with Gasteiger partial charge in [-0.05, 0) is 60.9 Å². The molecule has 0 saturated heterocycles. The van der Waals surface area contributed by atoms with Gasteiger partial charge in [0.25, 0.3) is 0 Å². The van der Waals surface area contributed by atoms with E-state index in [2.05, 4.69) is 21.2 Å². The summed E-state index contributed by atoms with van der Waals surface area (Å²) in [7, 11) is 3.18. The Morgan fingerprint density at radius 3 is 2.30 bits per heavy atom. The Kier molecular flexibility index (Phi) is 5.66. The summed E-state index contributed by atoms with van der Waals surface area (Å²) in [6.45, 7) is 3.94. The number of methoxy groups -OCH3 is 2. The lowest BCUT2D eigenvalue weighted by Crippen LogP contribution is -2.15. The van der Waals surface area contributed by atoms with Crippen LogP contribution >= 0.6 is 15.9 Å². The van der Waals surface area contributed by atoms with Crippen LogP contribution in [0.4, 0.5) is 5.69 Å². The highest BCUT2D eigenvalue weighted by Gasteiger charge is 2.12. The normalized spacial score (nSPS) is 10.3. The topological polar surface area (TPSA) is 47.6 Å². The summed E-state index contributed by atoms with van der Waals surface area (Å²) in [6.07, 6.45) is 0.279. The van der Waals surface area contributed by atoms with Crippen molar-refractivity contribution < 1.29 is 14.3 Å². The van der Waals surface area contributed by atoms with Gasteiger partial charge in [-0.2, -0.15) is 0 Å². The smallest absolute Gasteiger partial charge is 0.228 e. The van der Waals surface area contributed by atoms with Crippen LogP contribution in [0.3, 0.4) is 0 Å². The first kappa shape index (κ1) is 17.3. The van der Waals surface area contributed by atoms with E-state index in [-0.39, 0.29) is 12.3 Å². The number of hydrogen-bond acceptors (Lipinski definition) is 3. The van der Waals surface area contributed by atoms with Crippen LogP contribution in [0.1, 0.15) is 16.7 Å². The van der Waals surface area contributed by atoms with Gasteiger partial charge in [0, 0.05) is 10.2 Å². The van der Waals surface area contributed by atoms with E-state index in [4.69, 9.17) is 9.47 Å². The third-order valence-corrected chi connectivity index (χ3v) is 4.52. The minimum Gasteiger partial charge on any atom is -0.493 e. The van der Waals surface area contributed by atoms with Gasteiger partial charge in [0.1, 0.15) is 0 Å². The van der Waals surface area contributed by atoms with Crippen molar-refractivity contribution in [2.24, 2.45) is 0 Å². The van der Waals surface area contributed by atoms with E-state index >= 15 is 0 Å². The minimum atomic E-state index is -0.0676. The maximum atomic E-state index is 12.3. The Morgan fingerprint density at radius 2 is 1.70 bits per heavy atom. The molecular weight excluding hydrogens is 358 g/mol. The second-order valence-corrected chi connectivity index (χ2v) is 6.18. The summed E-state index contributed by atoms with van der Waals surface area (Å²) >= 11 is 3.45. The molecule has 0 bridgehead atoms. The van der Waals surface area contributed by atoms with Crippen LogP contribution in [0.5, 0.6) is 11.5 Å². The van der Waals surface area contributed by atoms with Crippen molar-refractivity contribution in [3.63, 3.8) is 0 Å². The first-order valence-electron chi connectivity index (χ1n) is 7.22. The highest BCUT2D eigenvalue weighted by atomic mass is 79.9. The van der Waals surface area contributed by atoms with Gasteiger partial charge in [0.05, 0.1) is 20.6 Å². The SMILES string of the molecule is COc1cc(C)c(CC(=O)Nc2ccc(Br)c(C)c2)cc1OC. The lowest BCUT2D eigenvalue weighted by atomic mass is 10.0. The van der Waals surface area contributed by atoms with Crippen LogP contribution in [-0.4, -0.2) is 20.1 Å². The molecule has 0 aliphatic rings. The molecule has 2 aromatic carbocycles. The molecule has 0 aliphatic heterocycles. The number of carbonyl (C=O) groups excluding carboxylic acids is 1.